The van der Waals surface area contributed by atoms with Gasteiger partial charge in [0.1, 0.15) is 5.75 Å². The summed E-state index contributed by atoms with van der Waals surface area (Å²) in [6.07, 6.45) is 2.73. The van der Waals surface area contributed by atoms with Crippen LogP contribution in [-0.4, -0.2) is 25.1 Å². The quantitative estimate of drug-likeness (QED) is 0.810. The average Bonchev–Trinajstić information content (AvgIpc) is 2.35. The molecule has 0 aliphatic carbocycles. The van der Waals surface area contributed by atoms with Crippen molar-refractivity contribution in [1.82, 2.24) is 4.90 Å². The van der Waals surface area contributed by atoms with E-state index >= 15 is 0 Å². The van der Waals surface area contributed by atoms with Gasteiger partial charge in [-0.2, -0.15) is 0 Å². The van der Waals surface area contributed by atoms with Crippen LogP contribution in [0.4, 0.5) is 0 Å². The molecule has 0 saturated carbocycles. The highest BCUT2D eigenvalue weighted by Gasteiger charge is 2.17. The van der Waals surface area contributed by atoms with Gasteiger partial charge in [-0.15, -0.1) is 0 Å². The summed E-state index contributed by atoms with van der Waals surface area (Å²) in [5.41, 5.74) is 4.11. The van der Waals surface area contributed by atoms with Gasteiger partial charge in [0.15, 0.2) is 0 Å². The lowest BCUT2D eigenvalue weighted by atomic mass is 9.98. The zero-order chi connectivity index (χ0) is 13.1. The molecule has 0 amide bonds. The molecule has 1 aliphatic heterocycles. The van der Waals surface area contributed by atoms with Gasteiger partial charge in [-0.05, 0) is 61.9 Å². The molecule has 0 aromatic heterocycles. The van der Waals surface area contributed by atoms with Crippen LogP contribution in [0.1, 0.15) is 36.5 Å². The smallest absolute Gasteiger partial charge is 0.122 e. The van der Waals surface area contributed by atoms with Gasteiger partial charge in [0.2, 0.25) is 0 Å². The topological polar surface area (TPSA) is 12.5 Å². The van der Waals surface area contributed by atoms with E-state index in [0.29, 0.717) is 0 Å². The summed E-state index contributed by atoms with van der Waals surface area (Å²) in [4.78, 5) is 2.59. The molecule has 1 atom stereocenters. The normalized spacial score (nSPS) is 21.0. The molecule has 1 fully saturated rings. The van der Waals surface area contributed by atoms with Crippen molar-refractivity contribution >= 4 is 0 Å². The van der Waals surface area contributed by atoms with Crippen molar-refractivity contribution in [1.29, 1.82) is 0 Å². The van der Waals surface area contributed by atoms with E-state index in [1.54, 1.807) is 7.11 Å². The van der Waals surface area contributed by atoms with Crippen LogP contribution in [-0.2, 0) is 6.54 Å². The molecule has 100 valence electrons. The van der Waals surface area contributed by atoms with Gasteiger partial charge in [0, 0.05) is 13.1 Å². The van der Waals surface area contributed by atoms with Crippen molar-refractivity contribution < 1.29 is 4.74 Å². The Bertz CT molecular complexity index is 414. The van der Waals surface area contributed by atoms with E-state index in [-0.39, 0.29) is 0 Å². The number of rotatable bonds is 3. The fourth-order valence-corrected chi connectivity index (χ4v) is 2.92. The van der Waals surface area contributed by atoms with E-state index in [1.165, 1.54) is 42.6 Å². The molecule has 2 heteroatoms. The van der Waals surface area contributed by atoms with Crippen molar-refractivity contribution in [2.75, 3.05) is 20.2 Å². The minimum atomic E-state index is 0.846. The Kier molecular flexibility index (Phi) is 4.28. The van der Waals surface area contributed by atoms with Crippen LogP contribution in [0.25, 0.3) is 0 Å². The molecule has 0 unspecified atom stereocenters. The molecule has 1 aromatic rings. The minimum Gasteiger partial charge on any atom is -0.496 e. The Morgan fingerprint density at radius 1 is 1.28 bits per heavy atom. The lowest BCUT2D eigenvalue weighted by Crippen LogP contribution is -2.33. The second-order valence-corrected chi connectivity index (χ2v) is 5.66. The maximum absolute atomic E-state index is 5.37. The van der Waals surface area contributed by atoms with Gasteiger partial charge in [-0.25, -0.2) is 0 Å². The van der Waals surface area contributed by atoms with E-state index in [4.69, 9.17) is 4.74 Å². The maximum atomic E-state index is 5.37. The second-order valence-electron chi connectivity index (χ2n) is 5.66. The second kappa shape index (κ2) is 5.75. The molecule has 0 radical (unpaired) electrons. The maximum Gasteiger partial charge on any atom is 0.122 e. The molecule has 0 N–H and O–H groups in total. The standard InChI is InChI=1S/C16H25NO/c1-12-6-5-9-17(10-12)11-15-7-8-16(18-4)14(3)13(15)2/h7-8,12H,5-6,9-11H2,1-4H3/t12-/m0/s1. The fraction of sp³-hybridized carbons (Fsp3) is 0.625. The number of ether oxygens (including phenoxy) is 1. The van der Waals surface area contributed by atoms with Crippen molar-refractivity contribution in [3.8, 4) is 5.75 Å². The van der Waals surface area contributed by atoms with Crippen molar-refractivity contribution in [2.24, 2.45) is 5.92 Å². The van der Waals surface area contributed by atoms with E-state index in [0.717, 1.165) is 18.2 Å². The molecule has 18 heavy (non-hydrogen) atoms. The summed E-state index contributed by atoms with van der Waals surface area (Å²) < 4.78 is 5.37. The summed E-state index contributed by atoms with van der Waals surface area (Å²) >= 11 is 0. The van der Waals surface area contributed by atoms with Crippen LogP contribution in [0.2, 0.25) is 0 Å². The van der Waals surface area contributed by atoms with Crippen LogP contribution >= 0.6 is 0 Å². The largest absolute Gasteiger partial charge is 0.496 e. The van der Waals surface area contributed by atoms with Gasteiger partial charge in [0.25, 0.3) is 0 Å². The van der Waals surface area contributed by atoms with Gasteiger partial charge >= 0.3 is 0 Å². The number of hydrogen-bond donors (Lipinski definition) is 0. The molecule has 1 saturated heterocycles. The van der Waals surface area contributed by atoms with E-state index < -0.39 is 0 Å². The Balaban J connectivity index is 2.12. The van der Waals surface area contributed by atoms with Gasteiger partial charge in [-0.3, -0.25) is 4.90 Å². The van der Waals surface area contributed by atoms with Crippen molar-refractivity contribution in [3.63, 3.8) is 0 Å². The number of hydrogen-bond acceptors (Lipinski definition) is 2. The number of nitrogens with zero attached hydrogens (tertiary/aromatic N) is 1. The molecule has 1 aliphatic rings. The summed E-state index contributed by atoms with van der Waals surface area (Å²) in [7, 11) is 1.74. The fourth-order valence-electron chi connectivity index (χ4n) is 2.92. The Labute approximate surface area is 111 Å². The first kappa shape index (κ1) is 13.4. The average molecular weight is 247 g/mol. The first-order valence-electron chi connectivity index (χ1n) is 6.97. The highest BCUT2D eigenvalue weighted by atomic mass is 16.5. The Morgan fingerprint density at radius 3 is 2.72 bits per heavy atom. The first-order chi connectivity index (χ1) is 8.61. The zero-order valence-electron chi connectivity index (χ0n) is 12.1. The van der Waals surface area contributed by atoms with Crippen LogP contribution in [0, 0.1) is 19.8 Å². The Hall–Kier alpha value is -1.02. The summed E-state index contributed by atoms with van der Waals surface area (Å²) in [6, 6.07) is 4.32. The van der Waals surface area contributed by atoms with Crippen molar-refractivity contribution in [2.45, 2.75) is 40.2 Å². The lowest BCUT2D eigenvalue weighted by Gasteiger charge is -2.31. The Morgan fingerprint density at radius 2 is 2.06 bits per heavy atom. The SMILES string of the molecule is COc1ccc(CN2CCC[C@H](C)C2)c(C)c1C. The van der Waals surface area contributed by atoms with Crippen LogP contribution in [0.15, 0.2) is 12.1 Å². The summed E-state index contributed by atoms with van der Waals surface area (Å²) in [5.74, 6) is 1.85. The van der Waals surface area contributed by atoms with Gasteiger partial charge in [0.05, 0.1) is 7.11 Å². The molecular weight excluding hydrogens is 222 g/mol. The van der Waals surface area contributed by atoms with Gasteiger partial charge in [-0.1, -0.05) is 13.0 Å². The monoisotopic (exact) mass is 247 g/mol. The first-order valence-corrected chi connectivity index (χ1v) is 6.97. The molecule has 2 nitrogen and oxygen atoms in total. The number of methoxy groups -OCH3 is 1. The third kappa shape index (κ3) is 2.86. The van der Waals surface area contributed by atoms with E-state index in [1.807, 2.05) is 0 Å². The molecule has 0 spiro atoms. The summed E-state index contributed by atoms with van der Waals surface area (Å²) in [6.45, 7) is 10.3. The molecule has 2 rings (SSSR count). The predicted molar refractivity (Wildman–Crippen MR) is 76.1 cm³/mol. The number of piperidine rings is 1. The van der Waals surface area contributed by atoms with Crippen LogP contribution < -0.4 is 4.74 Å². The molecule has 1 heterocycles. The summed E-state index contributed by atoms with van der Waals surface area (Å²) in [5, 5.41) is 0. The third-order valence-electron chi connectivity index (χ3n) is 4.20. The van der Waals surface area contributed by atoms with Crippen LogP contribution in [0.3, 0.4) is 0 Å². The third-order valence-corrected chi connectivity index (χ3v) is 4.20. The number of benzene rings is 1. The van der Waals surface area contributed by atoms with E-state index in [2.05, 4.69) is 37.8 Å². The highest BCUT2D eigenvalue weighted by Crippen LogP contribution is 2.26. The van der Waals surface area contributed by atoms with E-state index in [9.17, 15) is 0 Å². The number of likely N-dealkylation sites (tertiary alicyclic amines) is 1. The predicted octanol–water partition coefficient (Wildman–Crippen LogP) is 3.54. The van der Waals surface area contributed by atoms with Crippen LogP contribution in [0.5, 0.6) is 5.75 Å². The lowest BCUT2D eigenvalue weighted by molar-refractivity contribution is 0.176. The van der Waals surface area contributed by atoms with Gasteiger partial charge < -0.3 is 4.74 Å². The minimum absolute atomic E-state index is 0.846. The van der Waals surface area contributed by atoms with Crippen molar-refractivity contribution in [3.05, 3.63) is 28.8 Å². The molecule has 1 aromatic carbocycles. The highest BCUT2D eigenvalue weighted by molar-refractivity contribution is 5.43. The molecular formula is C16H25NO. The molecule has 0 bridgehead atoms. The zero-order valence-corrected chi connectivity index (χ0v) is 12.1.